The highest BCUT2D eigenvalue weighted by Gasteiger charge is 2.58. The van der Waals surface area contributed by atoms with Gasteiger partial charge in [0, 0.05) is 80.0 Å². The monoisotopic (exact) mass is 1130 g/mol. The number of carbonyl (C=O) groups excluding carboxylic acids is 4. The quantitative estimate of drug-likeness (QED) is 0.0400. The van der Waals surface area contributed by atoms with Gasteiger partial charge in [0.2, 0.25) is 5.91 Å². The van der Waals surface area contributed by atoms with Crippen LogP contribution < -0.4 is 26.3 Å². The lowest BCUT2D eigenvalue weighted by atomic mass is 9.82. The highest BCUT2D eigenvalue weighted by atomic mass is 19.4. The largest absolute Gasteiger partial charge is 0.453 e. The minimum Gasteiger partial charge on any atom is -0.453 e. The molecule has 3 aliphatic heterocycles. The molecule has 2 aromatic heterocycles. The Hall–Kier alpha value is -7.14. The number of piperazine rings is 1. The molecular formula is C55H63F8N9O8. The number of alkyl halides is 6. The van der Waals surface area contributed by atoms with Crippen LogP contribution in [0, 0.1) is 41.2 Å². The van der Waals surface area contributed by atoms with Crippen LogP contribution in [0.15, 0.2) is 73.1 Å². The van der Waals surface area contributed by atoms with E-state index in [1.807, 2.05) is 22.8 Å². The van der Waals surface area contributed by atoms with Crippen LogP contribution in [0.5, 0.6) is 0 Å². The van der Waals surface area contributed by atoms with Crippen molar-refractivity contribution in [3.05, 3.63) is 113 Å². The smallest absolute Gasteiger partial charge is 0.407 e. The van der Waals surface area contributed by atoms with Crippen LogP contribution in [-0.4, -0.2) is 151 Å². The lowest BCUT2D eigenvalue weighted by Gasteiger charge is -2.47. The Balaban J connectivity index is 1.18. The number of nitrogens with zero attached hydrogens (tertiary/aromatic N) is 5. The Morgan fingerprint density at radius 1 is 0.800 bits per heavy atom. The van der Waals surface area contributed by atoms with Gasteiger partial charge >= 0.3 is 24.5 Å². The zero-order chi connectivity index (χ0) is 58.5. The topological polar surface area (TPSA) is 200 Å². The molecule has 7 rings (SSSR count). The number of methoxy groups -OCH3 is 1. The Morgan fingerprint density at radius 2 is 1.41 bits per heavy atom. The number of carbonyl (C=O) groups is 4. The van der Waals surface area contributed by atoms with E-state index in [-0.39, 0.29) is 11.3 Å². The van der Waals surface area contributed by atoms with Crippen LogP contribution in [-0.2, 0) is 36.8 Å². The number of halogens is 8. The molecule has 0 radical (unpaired) electrons. The molecule has 80 heavy (non-hydrogen) atoms. The number of anilines is 1. The first-order valence-corrected chi connectivity index (χ1v) is 25.6. The first-order chi connectivity index (χ1) is 37.6. The van der Waals surface area contributed by atoms with Gasteiger partial charge in [0.05, 0.1) is 49.6 Å². The number of nitrogens with one attached hydrogen (secondary N) is 4. The molecule has 25 heteroatoms. The third-order valence-electron chi connectivity index (χ3n) is 14.8. The van der Waals surface area contributed by atoms with E-state index >= 15 is 8.78 Å². The minimum absolute atomic E-state index is 0.0281. The van der Waals surface area contributed by atoms with Gasteiger partial charge in [0.1, 0.15) is 28.9 Å². The normalized spacial score (nSPS) is 18.4. The van der Waals surface area contributed by atoms with E-state index in [4.69, 9.17) is 9.47 Å². The summed E-state index contributed by atoms with van der Waals surface area (Å²) in [4.78, 5) is 66.7. The van der Waals surface area contributed by atoms with E-state index in [9.17, 15) is 50.6 Å². The number of amides is 4. The fraction of sp³-hybridized carbons (Fsp3) is 0.491. The first kappa shape index (κ1) is 60.5. The number of alkyl carbamates (subject to hydrolysis) is 2. The van der Waals surface area contributed by atoms with E-state index in [2.05, 4.69) is 47.1 Å². The molecule has 3 aliphatic rings. The van der Waals surface area contributed by atoms with E-state index in [0.29, 0.717) is 67.5 Å². The number of aliphatic hydroxyl groups excluding tert-OH is 1. The molecule has 6 atom stereocenters. The lowest BCUT2D eigenvalue weighted by Crippen LogP contribution is -2.62. The molecule has 3 saturated heterocycles. The number of benzene rings is 2. The second-order valence-corrected chi connectivity index (χ2v) is 21.2. The number of hydrogen-bond acceptors (Lipinski definition) is 13. The summed E-state index contributed by atoms with van der Waals surface area (Å²) in [5.41, 5.74) is -2.58. The average molecular weight is 1130 g/mol. The molecule has 0 spiro atoms. The summed E-state index contributed by atoms with van der Waals surface area (Å²) >= 11 is 0. The van der Waals surface area contributed by atoms with Crippen LogP contribution in [0.2, 0.25) is 0 Å². The number of aryl methyl sites for hydroxylation is 1. The van der Waals surface area contributed by atoms with Crippen LogP contribution in [0.3, 0.4) is 0 Å². The molecule has 4 aromatic rings. The van der Waals surface area contributed by atoms with Crippen molar-refractivity contribution in [2.45, 2.75) is 115 Å². The highest BCUT2D eigenvalue weighted by Crippen LogP contribution is 2.43. The van der Waals surface area contributed by atoms with Gasteiger partial charge in [-0.3, -0.25) is 24.9 Å². The maximum Gasteiger partial charge on any atom is 0.407 e. The zero-order valence-corrected chi connectivity index (χ0v) is 44.9. The van der Waals surface area contributed by atoms with Crippen LogP contribution in [0.1, 0.15) is 68.4 Å². The number of aromatic nitrogens is 2. The predicted octanol–water partition coefficient (Wildman–Crippen LogP) is 6.73. The van der Waals surface area contributed by atoms with Gasteiger partial charge in [-0.05, 0) is 107 Å². The summed E-state index contributed by atoms with van der Waals surface area (Å²) in [6.07, 6.45) is -13.1. The van der Waals surface area contributed by atoms with Gasteiger partial charge in [-0.1, -0.05) is 30.0 Å². The second kappa shape index (κ2) is 24.7. The van der Waals surface area contributed by atoms with Gasteiger partial charge in [0.25, 0.3) is 5.91 Å². The van der Waals surface area contributed by atoms with Gasteiger partial charge in [0.15, 0.2) is 6.10 Å². The van der Waals surface area contributed by atoms with Crippen LogP contribution >= 0.6 is 0 Å². The van der Waals surface area contributed by atoms with Crippen molar-refractivity contribution in [3.8, 4) is 23.1 Å². The zero-order valence-electron chi connectivity index (χ0n) is 44.9. The summed E-state index contributed by atoms with van der Waals surface area (Å²) in [5.74, 6) is 1.26. The summed E-state index contributed by atoms with van der Waals surface area (Å²) in [7, 11) is 1.85. The SMILES string of the molecule is CNC(=O)O[C@H](C(=O)NN(Cc1c(F)cc(-c2ccc(C)cn2)cc1F)C[C@H](O)[C@H](Cc1ccc(C#Cc2ccc(N3C[C@@H]4CC[C@@H](C3)N4C3COC3)nc2)cc1)NC(=O)[C@@H](NC(=O)OC)C(C)(C)C(F)(F)F)C(C)(C)C(F)(F)F. The fourth-order valence-electron chi connectivity index (χ4n) is 9.64. The first-order valence-electron chi connectivity index (χ1n) is 25.6. The number of fused-ring (bicyclic) bond motifs is 2. The average Bonchev–Trinajstić information content (AvgIpc) is 3.77. The highest BCUT2D eigenvalue weighted by molar-refractivity contribution is 5.87. The molecule has 432 valence electrons. The van der Waals surface area contributed by atoms with Crippen molar-refractivity contribution in [2.24, 2.45) is 10.8 Å². The molecule has 0 aliphatic carbocycles. The maximum atomic E-state index is 16.1. The van der Waals surface area contributed by atoms with Crippen LogP contribution in [0.4, 0.5) is 50.5 Å². The Bertz CT molecular complexity index is 2880. The van der Waals surface area contributed by atoms with Crippen molar-refractivity contribution in [1.29, 1.82) is 0 Å². The standard InChI is InChI=1S/C55H63F8N9O8/c1-31-8-18-42(65-23-31)35-21-40(56)39(41(57)22-35)27-71(69-49(75)47(80-50(76)64-6)53(4,5)55(61,62)63)28-44(73)43(67-48(74)46(68-51(77)78-7)52(2,3)54(58,59)60)20-33-12-9-32(10-13-33)11-14-34-15-19-45(66-24-34)70-25-36-16-17-37(26-70)72(36)38-29-79-30-38/h8-10,12-13,15,18-19,21-24,36-38,43-44,46-47,73H,16-17,20,25-30H2,1-7H3,(H,64,76)(H,67,74)(H,68,77)(H,69,75)/t36-,37-,43-,44-,46+,47+/m0/s1. The number of hydrogen-bond donors (Lipinski definition) is 5. The summed E-state index contributed by atoms with van der Waals surface area (Å²) in [6, 6.07) is 12.1. The molecule has 5 N–H and O–H groups in total. The molecular weight excluding hydrogens is 1070 g/mol. The van der Waals surface area contributed by atoms with E-state index in [1.165, 1.54) is 24.4 Å². The fourth-order valence-corrected chi connectivity index (χ4v) is 9.64. The molecule has 3 fully saturated rings. The predicted molar refractivity (Wildman–Crippen MR) is 275 cm³/mol. The number of rotatable bonds is 18. The molecule has 2 bridgehead atoms. The molecule has 2 aromatic carbocycles. The Morgan fingerprint density at radius 3 is 1.94 bits per heavy atom. The molecule has 4 amide bonds. The summed E-state index contributed by atoms with van der Waals surface area (Å²) < 4.78 is 134. The van der Waals surface area contributed by atoms with Gasteiger partial charge < -0.3 is 40.2 Å². The summed E-state index contributed by atoms with van der Waals surface area (Å²) in [5, 5.41) is 18.9. The van der Waals surface area contributed by atoms with Gasteiger partial charge in [-0.25, -0.2) is 28.4 Å². The third-order valence-corrected chi connectivity index (χ3v) is 14.8. The summed E-state index contributed by atoms with van der Waals surface area (Å²) in [6.45, 7) is 5.22. The van der Waals surface area contributed by atoms with Crippen molar-refractivity contribution in [1.82, 2.24) is 41.3 Å². The second-order valence-electron chi connectivity index (χ2n) is 21.2. The van der Waals surface area contributed by atoms with E-state index < -0.39 is 108 Å². The van der Waals surface area contributed by atoms with Crippen molar-refractivity contribution >= 4 is 29.8 Å². The van der Waals surface area contributed by atoms with Gasteiger partial charge in [-0.15, -0.1) is 0 Å². The third kappa shape index (κ3) is 14.1. The van der Waals surface area contributed by atoms with E-state index in [1.54, 1.807) is 31.3 Å². The Labute approximate surface area is 457 Å². The maximum absolute atomic E-state index is 16.1. The van der Waals surface area contributed by atoms with Gasteiger partial charge in [-0.2, -0.15) is 26.3 Å². The molecule has 0 unspecified atom stereocenters. The Kier molecular flexibility index (Phi) is 18.7. The van der Waals surface area contributed by atoms with Crippen LogP contribution in [0.25, 0.3) is 11.3 Å². The number of aliphatic hydroxyl groups is 1. The number of pyridine rings is 2. The van der Waals surface area contributed by atoms with Crippen molar-refractivity contribution < 1.29 is 73.6 Å². The lowest BCUT2D eigenvalue weighted by molar-refractivity contribution is -0.239. The number of hydrazine groups is 1. The van der Waals surface area contributed by atoms with E-state index in [0.717, 1.165) is 76.8 Å². The molecule has 17 nitrogen and oxygen atoms in total. The molecule has 0 saturated carbocycles. The number of ether oxygens (including phenoxy) is 3. The van der Waals surface area contributed by atoms with Crippen molar-refractivity contribution in [2.75, 3.05) is 51.9 Å². The minimum atomic E-state index is -5.22. The molecule has 5 heterocycles. The van der Waals surface area contributed by atoms with Crippen molar-refractivity contribution in [3.63, 3.8) is 0 Å².